The van der Waals surface area contributed by atoms with E-state index in [2.05, 4.69) is 31.9 Å². The van der Waals surface area contributed by atoms with Gasteiger partial charge in [0, 0.05) is 29.4 Å². The zero-order valence-electron chi connectivity index (χ0n) is 18.7. The van der Waals surface area contributed by atoms with Gasteiger partial charge in [-0.15, -0.1) is 0 Å². The van der Waals surface area contributed by atoms with Crippen LogP contribution in [0.25, 0.3) is 0 Å². The summed E-state index contributed by atoms with van der Waals surface area (Å²) in [6, 6.07) is 7.31. The van der Waals surface area contributed by atoms with Crippen molar-refractivity contribution in [1.29, 1.82) is 0 Å². The molecule has 174 valence electrons. The van der Waals surface area contributed by atoms with Crippen molar-refractivity contribution in [2.24, 2.45) is 0 Å². The van der Waals surface area contributed by atoms with Crippen molar-refractivity contribution in [3.05, 3.63) is 41.1 Å². The number of alkyl halides is 2. The molecule has 1 aromatic rings. The van der Waals surface area contributed by atoms with E-state index in [1.54, 1.807) is 7.11 Å². The molecular formula is C23H34Br2N2O4. The molecule has 1 aromatic carbocycles. The number of halogens is 2. The van der Waals surface area contributed by atoms with Crippen LogP contribution in [-0.4, -0.2) is 64.7 Å². The molecule has 6 nitrogen and oxygen atoms in total. The lowest BCUT2D eigenvalue weighted by Crippen LogP contribution is -2.55. The zero-order chi connectivity index (χ0) is 22.8. The molecule has 1 aliphatic rings. The van der Waals surface area contributed by atoms with Crippen molar-refractivity contribution < 1.29 is 19.4 Å². The van der Waals surface area contributed by atoms with Crippen LogP contribution in [0.15, 0.2) is 35.5 Å². The molecule has 2 rings (SSSR count). The fraction of sp³-hybridized carbons (Fsp3) is 0.609. The number of methoxy groups -OCH3 is 1. The summed E-state index contributed by atoms with van der Waals surface area (Å²) in [6.45, 7) is 5.37. The first-order valence-electron chi connectivity index (χ1n) is 10.8. The molecule has 8 heteroatoms. The molecule has 0 aromatic heterocycles. The molecule has 2 atom stereocenters. The smallest absolute Gasteiger partial charge is 0.337 e. The van der Waals surface area contributed by atoms with E-state index in [0.717, 1.165) is 53.4 Å². The normalized spacial score (nSPS) is 19.6. The van der Waals surface area contributed by atoms with E-state index >= 15 is 0 Å². The number of carbonyl (C=O) groups is 1. The summed E-state index contributed by atoms with van der Waals surface area (Å²) < 4.78 is 10.8. The summed E-state index contributed by atoms with van der Waals surface area (Å²) in [6.07, 6.45) is 2.99. The minimum absolute atomic E-state index is 0.306. The van der Waals surface area contributed by atoms with Crippen molar-refractivity contribution in [3.8, 4) is 5.75 Å². The number of unbranched alkanes of at least 4 members (excludes halogenated alkanes) is 2. The molecular weight excluding hydrogens is 528 g/mol. The summed E-state index contributed by atoms with van der Waals surface area (Å²) in [5.41, 5.74) is 2.30. The summed E-state index contributed by atoms with van der Waals surface area (Å²) in [5, 5.41) is 13.2. The number of carbonyl (C=O) groups excluding carboxylic acids is 1. The first-order chi connectivity index (χ1) is 15.0. The Morgan fingerprint density at radius 3 is 2.23 bits per heavy atom. The largest absolute Gasteiger partial charge is 0.497 e. The fourth-order valence-corrected chi connectivity index (χ4v) is 4.70. The number of hydrogen-bond donors (Lipinski definition) is 1. The first-order valence-corrected chi connectivity index (χ1v) is 13.1. The monoisotopic (exact) mass is 560 g/mol. The summed E-state index contributed by atoms with van der Waals surface area (Å²) in [7, 11) is 1.63. The van der Waals surface area contributed by atoms with Crippen molar-refractivity contribution in [3.63, 3.8) is 0 Å². The summed E-state index contributed by atoms with van der Waals surface area (Å²) >= 11 is 6.97. The van der Waals surface area contributed by atoms with Crippen LogP contribution in [0.5, 0.6) is 5.75 Å². The SMILES string of the molecule is CCOC(=O)C1=C(C)N(CCCCBr)C(O)N(CCCCBr)C1c1ccc(OC)cc1. The number of hydrogen-bond acceptors (Lipinski definition) is 6. The van der Waals surface area contributed by atoms with Crippen LogP contribution in [0.3, 0.4) is 0 Å². The highest BCUT2D eigenvalue weighted by Crippen LogP contribution is 2.40. The van der Waals surface area contributed by atoms with E-state index in [-0.39, 0.29) is 12.0 Å². The molecule has 0 bridgehead atoms. The van der Waals surface area contributed by atoms with E-state index in [1.807, 2.05) is 47.9 Å². The van der Waals surface area contributed by atoms with Crippen molar-refractivity contribution in [1.82, 2.24) is 9.80 Å². The molecule has 0 saturated carbocycles. The third-order valence-electron chi connectivity index (χ3n) is 5.51. The number of nitrogens with zero attached hydrogens (tertiary/aromatic N) is 2. The Hall–Kier alpha value is -1.09. The lowest BCUT2D eigenvalue weighted by atomic mass is 9.92. The Morgan fingerprint density at radius 1 is 1.06 bits per heavy atom. The zero-order valence-corrected chi connectivity index (χ0v) is 21.8. The van der Waals surface area contributed by atoms with Gasteiger partial charge in [0.25, 0.3) is 0 Å². The lowest BCUT2D eigenvalue weighted by Gasteiger charge is -2.47. The Morgan fingerprint density at radius 2 is 1.68 bits per heavy atom. The predicted molar refractivity (Wildman–Crippen MR) is 131 cm³/mol. The quantitative estimate of drug-likeness (QED) is 0.224. The highest BCUT2D eigenvalue weighted by molar-refractivity contribution is 9.09. The predicted octanol–water partition coefficient (Wildman–Crippen LogP) is 4.82. The molecule has 1 N–H and O–H groups in total. The number of benzene rings is 1. The lowest BCUT2D eigenvalue weighted by molar-refractivity contribution is -0.148. The minimum atomic E-state index is -0.809. The van der Waals surface area contributed by atoms with Crippen molar-refractivity contribution in [2.75, 3.05) is 37.5 Å². The van der Waals surface area contributed by atoms with Crippen LogP contribution in [-0.2, 0) is 9.53 Å². The first kappa shape index (κ1) is 26.2. The molecule has 2 unspecified atom stereocenters. The van der Waals surface area contributed by atoms with E-state index in [4.69, 9.17) is 9.47 Å². The van der Waals surface area contributed by atoms with Crippen LogP contribution in [0.4, 0.5) is 0 Å². The Bertz CT molecular complexity index is 727. The molecule has 0 saturated heterocycles. The Labute approximate surface area is 202 Å². The van der Waals surface area contributed by atoms with Gasteiger partial charge in [-0.3, -0.25) is 0 Å². The van der Waals surface area contributed by atoms with Gasteiger partial charge in [-0.25, -0.2) is 9.69 Å². The fourth-order valence-electron chi connectivity index (χ4n) is 3.91. The average Bonchev–Trinajstić information content (AvgIpc) is 2.77. The van der Waals surface area contributed by atoms with Gasteiger partial charge in [0.2, 0.25) is 0 Å². The maximum atomic E-state index is 13.1. The number of rotatable bonds is 12. The number of ether oxygens (including phenoxy) is 2. The topological polar surface area (TPSA) is 62.2 Å². The molecule has 0 aliphatic carbocycles. The second kappa shape index (κ2) is 13.5. The van der Waals surface area contributed by atoms with Crippen LogP contribution in [0.2, 0.25) is 0 Å². The van der Waals surface area contributed by atoms with Gasteiger partial charge >= 0.3 is 5.97 Å². The number of esters is 1. The van der Waals surface area contributed by atoms with Crippen molar-refractivity contribution in [2.45, 2.75) is 51.9 Å². The maximum Gasteiger partial charge on any atom is 0.337 e. The van der Waals surface area contributed by atoms with Gasteiger partial charge in [0.15, 0.2) is 6.35 Å². The number of aliphatic hydroxyl groups excluding tert-OH is 1. The van der Waals surface area contributed by atoms with Crippen LogP contribution in [0, 0.1) is 0 Å². The molecule has 0 spiro atoms. The van der Waals surface area contributed by atoms with E-state index < -0.39 is 6.35 Å². The minimum Gasteiger partial charge on any atom is -0.497 e. The van der Waals surface area contributed by atoms with Gasteiger partial charge in [0.05, 0.1) is 25.3 Å². The second-order valence-electron chi connectivity index (χ2n) is 7.47. The molecule has 31 heavy (non-hydrogen) atoms. The number of allylic oxidation sites excluding steroid dienone is 1. The van der Waals surface area contributed by atoms with Crippen molar-refractivity contribution >= 4 is 37.8 Å². The van der Waals surface area contributed by atoms with Crippen LogP contribution < -0.4 is 4.74 Å². The molecule has 0 amide bonds. The van der Waals surface area contributed by atoms with Gasteiger partial charge in [-0.05, 0) is 57.2 Å². The third kappa shape index (κ3) is 6.70. The highest BCUT2D eigenvalue weighted by Gasteiger charge is 2.42. The van der Waals surface area contributed by atoms with Gasteiger partial charge < -0.3 is 19.5 Å². The molecule has 0 fully saturated rings. The Balaban J connectivity index is 2.53. The summed E-state index contributed by atoms with van der Waals surface area (Å²) in [5.74, 6) is 0.421. The average molecular weight is 562 g/mol. The van der Waals surface area contributed by atoms with Gasteiger partial charge in [0.1, 0.15) is 5.75 Å². The third-order valence-corrected chi connectivity index (χ3v) is 6.63. The second-order valence-corrected chi connectivity index (χ2v) is 9.05. The molecule has 0 radical (unpaired) electrons. The van der Waals surface area contributed by atoms with E-state index in [0.29, 0.717) is 25.3 Å². The number of aliphatic hydroxyl groups is 1. The maximum absolute atomic E-state index is 13.1. The Kier molecular flexibility index (Phi) is 11.4. The van der Waals surface area contributed by atoms with E-state index in [9.17, 15) is 9.90 Å². The van der Waals surface area contributed by atoms with Gasteiger partial charge in [-0.1, -0.05) is 44.0 Å². The standard InChI is InChI=1S/C23H34Br2N2O4/c1-4-31-22(28)20-17(2)26(15-7-5-13-24)23(29)27(16-8-6-14-25)21(20)18-9-11-19(30-3)12-10-18/h9-12,21,23,29H,4-8,13-16H2,1-3H3. The van der Waals surface area contributed by atoms with Gasteiger partial charge in [-0.2, -0.15) is 0 Å². The molecule has 1 heterocycles. The van der Waals surface area contributed by atoms with Crippen LogP contribution >= 0.6 is 31.9 Å². The molecule has 1 aliphatic heterocycles. The van der Waals surface area contributed by atoms with Crippen LogP contribution in [0.1, 0.15) is 51.1 Å². The highest BCUT2D eigenvalue weighted by atomic mass is 79.9. The summed E-state index contributed by atoms with van der Waals surface area (Å²) in [4.78, 5) is 17.1. The van der Waals surface area contributed by atoms with E-state index in [1.165, 1.54) is 0 Å².